The van der Waals surface area contributed by atoms with Crippen LogP contribution in [-0.2, 0) is 4.79 Å². The molecule has 9 heteroatoms. The number of carbonyl (C=O) groups excluding carboxylic acids is 1. The molecular formula is C26H25F2N5O2. The molecule has 2 aliphatic rings. The molecule has 180 valence electrons. The van der Waals surface area contributed by atoms with Gasteiger partial charge in [0.15, 0.2) is 11.6 Å². The second-order valence-electron chi connectivity index (χ2n) is 9.31. The molecule has 2 aromatic carbocycles. The number of rotatable bonds is 4. The molecule has 0 aliphatic carbocycles. The first-order valence-electron chi connectivity index (χ1n) is 11.9. The fourth-order valence-corrected chi connectivity index (χ4v) is 5.53. The molecule has 0 saturated carbocycles. The third-order valence-electron chi connectivity index (χ3n) is 7.13. The summed E-state index contributed by atoms with van der Waals surface area (Å²) in [6.07, 6.45) is 1.81. The highest BCUT2D eigenvalue weighted by molar-refractivity contribution is 5.96. The van der Waals surface area contributed by atoms with Gasteiger partial charge in [-0.1, -0.05) is 11.2 Å². The molecule has 4 heterocycles. The van der Waals surface area contributed by atoms with E-state index < -0.39 is 11.6 Å². The van der Waals surface area contributed by atoms with Crippen molar-refractivity contribution in [3.05, 3.63) is 65.3 Å². The highest BCUT2D eigenvalue weighted by atomic mass is 19.2. The fraction of sp³-hybridized carbons (Fsp3) is 0.346. The Labute approximate surface area is 200 Å². The topological polar surface area (TPSA) is 76.2 Å². The first-order valence-corrected chi connectivity index (χ1v) is 11.9. The Hall–Kier alpha value is -3.59. The van der Waals surface area contributed by atoms with Crippen molar-refractivity contribution >= 4 is 22.6 Å². The predicted molar refractivity (Wildman–Crippen MR) is 127 cm³/mol. The Morgan fingerprint density at radius 1 is 1.09 bits per heavy atom. The Kier molecular flexibility index (Phi) is 5.17. The second-order valence-corrected chi connectivity index (χ2v) is 9.31. The summed E-state index contributed by atoms with van der Waals surface area (Å²) < 4.78 is 35.3. The average Bonchev–Trinajstić information content (AvgIpc) is 3.61. The summed E-state index contributed by atoms with van der Waals surface area (Å²) in [7, 11) is 0. The zero-order valence-electron chi connectivity index (χ0n) is 19.5. The largest absolute Gasteiger partial charge is 0.361 e. The minimum absolute atomic E-state index is 0.124. The van der Waals surface area contributed by atoms with E-state index in [1.807, 2.05) is 26.0 Å². The first kappa shape index (κ1) is 21.9. The maximum absolute atomic E-state index is 14.1. The Balaban J connectivity index is 1.51. The first-order chi connectivity index (χ1) is 16.9. The van der Waals surface area contributed by atoms with E-state index in [1.165, 1.54) is 6.07 Å². The number of fused-ring (bicyclic) bond motifs is 1. The molecule has 2 fully saturated rings. The number of halogens is 2. The molecule has 7 nitrogen and oxygen atoms in total. The Morgan fingerprint density at radius 2 is 1.94 bits per heavy atom. The zero-order valence-corrected chi connectivity index (χ0v) is 19.5. The van der Waals surface area contributed by atoms with Gasteiger partial charge in [-0.2, -0.15) is 0 Å². The molecule has 2 saturated heterocycles. The van der Waals surface area contributed by atoms with Crippen molar-refractivity contribution in [2.75, 3.05) is 18.0 Å². The van der Waals surface area contributed by atoms with E-state index >= 15 is 0 Å². The van der Waals surface area contributed by atoms with Crippen LogP contribution in [-0.4, -0.2) is 33.7 Å². The number of aryl methyl sites for hydroxylation is 2. The maximum Gasteiger partial charge on any atom is 0.227 e. The third-order valence-corrected chi connectivity index (χ3v) is 7.13. The van der Waals surface area contributed by atoms with E-state index in [2.05, 4.69) is 21.1 Å². The number of aromatic nitrogens is 3. The molecule has 1 amide bonds. The molecule has 35 heavy (non-hydrogen) atoms. The van der Waals surface area contributed by atoms with Crippen molar-refractivity contribution in [3.63, 3.8) is 0 Å². The molecule has 1 N–H and O–H groups in total. The summed E-state index contributed by atoms with van der Waals surface area (Å²) in [6.45, 7) is 5.50. The van der Waals surface area contributed by atoms with Gasteiger partial charge in [-0.3, -0.25) is 4.79 Å². The van der Waals surface area contributed by atoms with Crippen LogP contribution in [0.5, 0.6) is 0 Å². The molecule has 0 unspecified atom stereocenters. The van der Waals surface area contributed by atoms with Gasteiger partial charge in [0.2, 0.25) is 5.91 Å². The van der Waals surface area contributed by atoms with E-state index in [0.717, 1.165) is 71.1 Å². The SMILES string of the molecule is Cc1noc(C)c1-c1ccc2c(c1)nc([C@@H]1CCC(=O)N1c1ccc(F)c(F)c1)n2[C@H]1CCNC1. The van der Waals surface area contributed by atoms with E-state index in [1.54, 1.807) is 4.90 Å². The smallest absolute Gasteiger partial charge is 0.227 e. The van der Waals surface area contributed by atoms with Crippen LogP contribution in [0.3, 0.4) is 0 Å². The van der Waals surface area contributed by atoms with Crippen LogP contribution in [0, 0.1) is 25.5 Å². The number of imidazole rings is 1. The van der Waals surface area contributed by atoms with Crippen LogP contribution in [0.4, 0.5) is 14.5 Å². The zero-order chi connectivity index (χ0) is 24.3. The van der Waals surface area contributed by atoms with Crippen LogP contribution in [0.25, 0.3) is 22.2 Å². The molecule has 0 bridgehead atoms. The van der Waals surface area contributed by atoms with Crippen molar-refractivity contribution < 1.29 is 18.1 Å². The van der Waals surface area contributed by atoms with Crippen molar-refractivity contribution in [1.29, 1.82) is 0 Å². The van der Waals surface area contributed by atoms with E-state index in [-0.39, 0.29) is 18.0 Å². The average molecular weight is 478 g/mol. The number of nitrogens with one attached hydrogen (secondary N) is 1. The van der Waals surface area contributed by atoms with E-state index in [0.29, 0.717) is 18.5 Å². The Bertz CT molecular complexity index is 1430. The van der Waals surface area contributed by atoms with Gasteiger partial charge in [0.05, 0.1) is 22.8 Å². The minimum atomic E-state index is -0.974. The highest BCUT2D eigenvalue weighted by Gasteiger charge is 2.38. The van der Waals surface area contributed by atoms with E-state index in [9.17, 15) is 13.6 Å². The van der Waals surface area contributed by atoms with Crippen LogP contribution in [0.2, 0.25) is 0 Å². The predicted octanol–water partition coefficient (Wildman–Crippen LogP) is 4.99. The van der Waals surface area contributed by atoms with E-state index in [4.69, 9.17) is 9.51 Å². The van der Waals surface area contributed by atoms with Gasteiger partial charge in [0.1, 0.15) is 11.6 Å². The van der Waals surface area contributed by atoms with Gasteiger partial charge >= 0.3 is 0 Å². The van der Waals surface area contributed by atoms with Crippen LogP contribution < -0.4 is 10.2 Å². The van der Waals surface area contributed by atoms with Crippen molar-refractivity contribution in [2.24, 2.45) is 0 Å². The number of hydrogen-bond acceptors (Lipinski definition) is 5. The third kappa shape index (κ3) is 3.53. The normalized spacial score (nSPS) is 20.5. The number of carbonyl (C=O) groups is 1. The van der Waals surface area contributed by atoms with Gasteiger partial charge in [0.25, 0.3) is 0 Å². The highest BCUT2D eigenvalue weighted by Crippen LogP contribution is 2.41. The molecule has 2 aromatic heterocycles. The summed E-state index contributed by atoms with van der Waals surface area (Å²) in [5.41, 5.74) is 4.87. The van der Waals surface area contributed by atoms with Crippen molar-refractivity contribution in [1.82, 2.24) is 20.0 Å². The van der Waals surface area contributed by atoms with Gasteiger partial charge in [-0.05, 0) is 63.1 Å². The molecule has 6 rings (SSSR count). The standard InChI is InChI=1S/C26H25F2N5O2/c1-14-25(15(2)35-31-14)16-3-6-22-21(11-16)30-26(33(22)18-9-10-29-13-18)23-7-8-24(34)32(23)17-4-5-19(27)20(28)12-17/h3-6,11-12,18,23,29H,7-10,13H2,1-2H3/t18-,23-/m0/s1. The summed E-state index contributed by atoms with van der Waals surface area (Å²) >= 11 is 0. The lowest BCUT2D eigenvalue weighted by atomic mass is 10.0. The lowest BCUT2D eigenvalue weighted by Crippen LogP contribution is -2.30. The van der Waals surface area contributed by atoms with Gasteiger partial charge < -0.3 is 19.3 Å². The number of anilines is 1. The lowest BCUT2D eigenvalue weighted by Gasteiger charge is -2.27. The molecule has 0 radical (unpaired) electrons. The van der Waals surface area contributed by atoms with Gasteiger partial charge in [-0.25, -0.2) is 13.8 Å². The number of benzene rings is 2. The number of nitrogens with zero attached hydrogens (tertiary/aromatic N) is 4. The summed E-state index contributed by atoms with van der Waals surface area (Å²) in [5.74, 6) is -0.528. The van der Waals surface area contributed by atoms with Crippen molar-refractivity contribution in [3.8, 4) is 11.1 Å². The van der Waals surface area contributed by atoms with Gasteiger partial charge in [-0.15, -0.1) is 0 Å². The molecule has 2 atom stereocenters. The summed E-state index contributed by atoms with van der Waals surface area (Å²) in [4.78, 5) is 19.5. The summed E-state index contributed by atoms with van der Waals surface area (Å²) in [6, 6.07) is 9.55. The van der Waals surface area contributed by atoms with Crippen LogP contribution >= 0.6 is 0 Å². The van der Waals surface area contributed by atoms with Crippen LogP contribution in [0.15, 0.2) is 40.9 Å². The monoisotopic (exact) mass is 477 g/mol. The second kappa shape index (κ2) is 8.27. The minimum Gasteiger partial charge on any atom is -0.361 e. The number of hydrogen-bond donors (Lipinski definition) is 1. The quantitative estimate of drug-likeness (QED) is 0.448. The van der Waals surface area contributed by atoms with Crippen molar-refractivity contribution in [2.45, 2.75) is 45.2 Å². The lowest BCUT2D eigenvalue weighted by molar-refractivity contribution is -0.117. The molecule has 0 spiro atoms. The van der Waals surface area contributed by atoms with Crippen LogP contribution in [0.1, 0.15) is 48.6 Å². The molecular weight excluding hydrogens is 452 g/mol. The maximum atomic E-state index is 14.1. The summed E-state index contributed by atoms with van der Waals surface area (Å²) in [5, 5.41) is 7.49. The fourth-order valence-electron chi connectivity index (χ4n) is 5.53. The van der Waals surface area contributed by atoms with Gasteiger partial charge in [0, 0.05) is 36.3 Å². The number of amides is 1. The molecule has 2 aliphatic heterocycles. The Morgan fingerprint density at radius 3 is 2.66 bits per heavy atom. The molecule has 4 aromatic rings.